The molecule has 0 saturated heterocycles. The van der Waals surface area contributed by atoms with Gasteiger partial charge in [0.2, 0.25) is 0 Å². The van der Waals surface area contributed by atoms with E-state index in [0.717, 1.165) is 5.45 Å². The molecule has 0 aliphatic carbocycles. The standard InChI is InChI=1S/C10H14BrN/c1-7-4-8(2)10(12-6-11)9(3)5-7/h4-5,12H,6H2,1-3H3. The van der Waals surface area contributed by atoms with E-state index in [1.807, 2.05) is 0 Å². The van der Waals surface area contributed by atoms with E-state index in [-0.39, 0.29) is 0 Å². The molecule has 1 aromatic carbocycles. The van der Waals surface area contributed by atoms with Gasteiger partial charge in [-0.2, -0.15) is 0 Å². The Labute approximate surface area is 82.3 Å². The lowest BCUT2D eigenvalue weighted by atomic mass is 10.1. The quantitative estimate of drug-likeness (QED) is 0.604. The summed E-state index contributed by atoms with van der Waals surface area (Å²) in [5, 5.41) is 3.29. The van der Waals surface area contributed by atoms with Gasteiger partial charge in [0.1, 0.15) is 0 Å². The molecule has 12 heavy (non-hydrogen) atoms. The van der Waals surface area contributed by atoms with Crippen molar-refractivity contribution in [3.63, 3.8) is 0 Å². The van der Waals surface area contributed by atoms with Crippen LogP contribution in [0.5, 0.6) is 0 Å². The highest BCUT2D eigenvalue weighted by Gasteiger charge is 2.01. The van der Waals surface area contributed by atoms with Crippen LogP contribution in [-0.4, -0.2) is 5.45 Å². The topological polar surface area (TPSA) is 12.0 Å². The molecule has 1 rings (SSSR count). The minimum atomic E-state index is 0.803. The molecule has 1 aromatic rings. The highest BCUT2D eigenvalue weighted by atomic mass is 79.9. The lowest BCUT2D eigenvalue weighted by Gasteiger charge is -2.11. The summed E-state index contributed by atoms with van der Waals surface area (Å²) in [6.45, 7) is 6.38. The Morgan fingerprint density at radius 1 is 1.17 bits per heavy atom. The highest BCUT2D eigenvalue weighted by Crippen LogP contribution is 2.21. The number of hydrogen-bond donors (Lipinski definition) is 1. The van der Waals surface area contributed by atoms with Crippen LogP contribution in [0, 0.1) is 20.8 Å². The van der Waals surface area contributed by atoms with Gasteiger partial charge in [-0.25, -0.2) is 0 Å². The number of benzene rings is 1. The fraction of sp³-hybridized carbons (Fsp3) is 0.400. The first kappa shape index (κ1) is 9.59. The zero-order valence-corrected chi connectivity index (χ0v) is 9.33. The fourth-order valence-electron chi connectivity index (χ4n) is 1.53. The SMILES string of the molecule is Cc1cc(C)c(NCBr)c(C)c1. The molecule has 1 nitrogen and oxygen atoms in total. The van der Waals surface area contributed by atoms with Crippen LogP contribution >= 0.6 is 15.9 Å². The summed E-state index contributed by atoms with van der Waals surface area (Å²) in [6.07, 6.45) is 0. The molecule has 0 bridgehead atoms. The van der Waals surface area contributed by atoms with E-state index in [0.29, 0.717) is 0 Å². The summed E-state index contributed by atoms with van der Waals surface area (Å²) in [5.41, 5.74) is 6.00. The molecule has 2 heteroatoms. The fourth-order valence-corrected chi connectivity index (χ4v) is 1.81. The molecule has 0 heterocycles. The molecular weight excluding hydrogens is 214 g/mol. The summed E-state index contributed by atoms with van der Waals surface area (Å²) in [4.78, 5) is 0. The first-order valence-electron chi connectivity index (χ1n) is 4.03. The molecule has 0 aliphatic heterocycles. The third-order valence-corrected chi connectivity index (χ3v) is 2.20. The Hall–Kier alpha value is -0.500. The predicted molar refractivity (Wildman–Crippen MR) is 58.1 cm³/mol. The van der Waals surface area contributed by atoms with Crippen LogP contribution < -0.4 is 5.32 Å². The van der Waals surface area contributed by atoms with E-state index in [2.05, 4.69) is 54.2 Å². The molecule has 0 radical (unpaired) electrons. The Kier molecular flexibility index (Phi) is 3.15. The van der Waals surface area contributed by atoms with Gasteiger partial charge in [0.05, 0.1) is 5.45 Å². The number of rotatable bonds is 2. The number of nitrogens with one attached hydrogen (secondary N) is 1. The van der Waals surface area contributed by atoms with Crippen LogP contribution in [-0.2, 0) is 0 Å². The molecule has 0 aliphatic rings. The van der Waals surface area contributed by atoms with Crippen molar-refractivity contribution in [1.82, 2.24) is 0 Å². The minimum absolute atomic E-state index is 0.803. The van der Waals surface area contributed by atoms with Gasteiger partial charge in [-0.05, 0) is 31.9 Å². The number of anilines is 1. The highest BCUT2D eigenvalue weighted by molar-refractivity contribution is 9.09. The van der Waals surface area contributed by atoms with Crippen molar-refractivity contribution in [1.29, 1.82) is 0 Å². The van der Waals surface area contributed by atoms with Gasteiger partial charge in [0.25, 0.3) is 0 Å². The average Bonchev–Trinajstić information content (AvgIpc) is 1.96. The lowest BCUT2D eigenvalue weighted by Crippen LogP contribution is -1.99. The first-order chi connectivity index (χ1) is 5.65. The summed E-state index contributed by atoms with van der Waals surface area (Å²) in [6, 6.07) is 4.38. The van der Waals surface area contributed by atoms with Crippen molar-refractivity contribution < 1.29 is 0 Å². The maximum absolute atomic E-state index is 3.36. The van der Waals surface area contributed by atoms with Crippen molar-refractivity contribution in [3.05, 3.63) is 28.8 Å². The summed E-state index contributed by atoms with van der Waals surface area (Å²) < 4.78 is 0. The number of alkyl halides is 1. The van der Waals surface area contributed by atoms with Crippen LogP contribution in [0.3, 0.4) is 0 Å². The normalized spacial score (nSPS) is 10.0. The van der Waals surface area contributed by atoms with Crippen LogP contribution in [0.15, 0.2) is 12.1 Å². The molecule has 0 amide bonds. The molecule has 0 aromatic heterocycles. The molecule has 0 spiro atoms. The van der Waals surface area contributed by atoms with E-state index in [9.17, 15) is 0 Å². The third kappa shape index (κ3) is 2.01. The molecule has 0 atom stereocenters. The zero-order valence-electron chi connectivity index (χ0n) is 7.74. The van der Waals surface area contributed by atoms with Crippen LogP contribution in [0.2, 0.25) is 0 Å². The van der Waals surface area contributed by atoms with E-state index < -0.39 is 0 Å². The van der Waals surface area contributed by atoms with Gasteiger partial charge < -0.3 is 5.32 Å². The van der Waals surface area contributed by atoms with Crippen molar-refractivity contribution in [2.24, 2.45) is 0 Å². The van der Waals surface area contributed by atoms with Gasteiger partial charge in [0.15, 0.2) is 0 Å². The van der Waals surface area contributed by atoms with Crippen LogP contribution in [0.1, 0.15) is 16.7 Å². The van der Waals surface area contributed by atoms with Gasteiger partial charge in [0, 0.05) is 5.69 Å². The van der Waals surface area contributed by atoms with Gasteiger partial charge >= 0.3 is 0 Å². The number of halogens is 1. The smallest absolute Gasteiger partial charge is 0.0707 e. The maximum atomic E-state index is 3.36. The second-order valence-electron chi connectivity index (χ2n) is 3.08. The minimum Gasteiger partial charge on any atom is -0.375 e. The second-order valence-corrected chi connectivity index (χ2v) is 3.64. The molecule has 0 fully saturated rings. The van der Waals surface area contributed by atoms with E-state index in [4.69, 9.17) is 0 Å². The monoisotopic (exact) mass is 227 g/mol. The van der Waals surface area contributed by atoms with Gasteiger partial charge in [-0.1, -0.05) is 33.6 Å². The van der Waals surface area contributed by atoms with E-state index in [1.165, 1.54) is 22.4 Å². The Morgan fingerprint density at radius 3 is 2.08 bits per heavy atom. The van der Waals surface area contributed by atoms with Crippen molar-refractivity contribution in [2.75, 3.05) is 10.8 Å². The largest absolute Gasteiger partial charge is 0.375 e. The van der Waals surface area contributed by atoms with Crippen LogP contribution in [0.4, 0.5) is 5.69 Å². The lowest BCUT2D eigenvalue weighted by molar-refractivity contribution is 1.29. The zero-order chi connectivity index (χ0) is 9.14. The Bertz CT molecular complexity index is 258. The van der Waals surface area contributed by atoms with E-state index >= 15 is 0 Å². The Morgan fingerprint density at radius 2 is 1.67 bits per heavy atom. The average molecular weight is 228 g/mol. The van der Waals surface area contributed by atoms with E-state index in [1.54, 1.807) is 0 Å². The first-order valence-corrected chi connectivity index (χ1v) is 5.15. The van der Waals surface area contributed by atoms with Gasteiger partial charge in [-0.15, -0.1) is 0 Å². The van der Waals surface area contributed by atoms with Crippen LogP contribution in [0.25, 0.3) is 0 Å². The molecule has 0 saturated carbocycles. The maximum Gasteiger partial charge on any atom is 0.0707 e. The molecule has 1 N–H and O–H groups in total. The van der Waals surface area contributed by atoms with Gasteiger partial charge in [-0.3, -0.25) is 0 Å². The summed E-state index contributed by atoms with van der Waals surface area (Å²) in [7, 11) is 0. The Balaban J connectivity index is 3.10. The molecule has 66 valence electrons. The van der Waals surface area contributed by atoms with Crippen molar-refractivity contribution in [3.8, 4) is 0 Å². The second kappa shape index (κ2) is 3.94. The third-order valence-electron chi connectivity index (χ3n) is 1.92. The summed E-state index contributed by atoms with van der Waals surface area (Å²) >= 11 is 3.36. The van der Waals surface area contributed by atoms with Crippen molar-refractivity contribution in [2.45, 2.75) is 20.8 Å². The number of hydrogen-bond acceptors (Lipinski definition) is 1. The summed E-state index contributed by atoms with van der Waals surface area (Å²) in [5.74, 6) is 0. The predicted octanol–water partition coefficient (Wildman–Crippen LogP) is 3.38. The molecule has 0 unspecified atom stereocenters. The molecular formula is C10H14BrN. The van der Waals surface area contributed by atoms with Crippen molar-refractivity contribution >= 4 is 21.6 Å². The number of aryl methyl sites for hydroxylation is 3.